The molecule has 0 bridgehead atoms. The molecule has 1 saturated heterocycles. The zero-order valence-electron chi connectivity index (χ0n) is 45.0. The molecule has 0 aromatic heterocycles. The lowest BCUT2D eigenvalue weighted by atomic mass is 9.99. The van der Waals surface area contributed by atoms with Crippen molar-refractivity contribution in [1.29, 1.82) is 0 Å². The summed E-state index contributed by atoms with van der Waals surface area (Å²) >= 11 is 0. The highest BCUT2D eigenvalue weighted by atomic mass is 32.3. The second-order valence-electron chi connectivity index (χ2n) is 19.1. The van der Waals surface area contributed by atoms with E-state index in [2.05, 4.69) is 103 Å². The van der Waals surface area contributed by atoms with Crippen molar-refractivity contribution >= 4 is 16.4 Å². The lowest BCUT2D eigenvalue weighted by Gasteiger charge is -2.41. The third kappa shape index (κ3) is 41.6. The molecule has 0 amide bonds. The van der Waals surface area contributed by atoms with Gasteiger partial charge in [-0.25, -0.2) is 4.18 Å². The lowest BCUT2D eigenvalue weighted by molar-refractivity contribution is -0.301. The summed E-state index contributed by atoms with van der Waals surface area (Å²) in [6, 6.07) is 0. The maximum atomic E-state index is 13.0. The van der Waals surface area contributed by atoms with E-state index < -0.39 is 59.8 Å². The Labute approximate surface area is 438 Å². The minimum Gasteiger partial charge on any atom is -0.457 e. The quantitative estimate of drug-likeness (QED) is 0.0196. The van der Waals surface area contributed by atoms with Crippen molar-refractivity contribution in [2.24, 2.45) is 0 Å². The van der Waals surface area contributed by atoms with Gasteiger partial charge in [-0.2, -0.15) is 8.42 Å². The van der Waals surface area contributed by atoms with E-state index in [1.807, 2.05) is 0 Å². The molecule has 1 fully saturated rings. The van der Waals surface area contributed by atoms with E-state index in [0.717, 1.165) is 83.5 Å². The highest BCUT2D eigenvalue weighted by Crippen LogP contribution is 2.26. The van der Waals surface area contributed by atoms with Crippen LogP contribution in [0.3, 0.4) is 0 Å². The summed E-state index contributed by atoms with van der Waals surface area (Å²) in [6.45, 7) is 3.81. The predicted octanol–water partition coefficient (Wildman–Crippen LogP) is 14.0. The first kappa shape index (κ1) is 67.3. The minimum atomic E-state index is -5.08. The largest absolute Gasteiger partial charge is 0.457 e. The van der Waals surface area contributed by atoms with Crippen LogP contribution in [0, 0.1) is 0 Å². The van der Waals surface area contributed by atoms with Crippen molar-refractivity contribution in [2.75, 3.05) is 26.4 Å². The van der Waals surface area contributed by atoms with Crippen LogP contribution in [0.4, 0.5) is 0 Å². The molecule has 1 aliphatic heterocycles. The third-order valence-corrected chi connectivity index (χ3v) is 13.0. The van der Waals surface area contributed by atoms with Gasteiger partial charge in [-0.3, -0.25) is 9.35 Å². The molecule has 0 radical (unpaired) electrons. The smallest absolute Gasteiger partial charge is 0.397 e. The molecule has 1 heterocycles. The summed E-state index contributed by atoms with van der Waals surface area (Å²) in [5.74, 6) is -0.413. The Balaban J connectivity index is 2.35. The van der Waals surface area contributed by atoms with Crippen molar-refractivity contribution in [2.45, 2.75) is 256 Å². The number of ether oxygens (including phenoxy) is 4. The Morgan fingerprint density at radius 1 is 0.542 bits per heavy atom. The number of aliphatic hydroxyl groups excluding tert-OH is 3. The molecule has 4 N–H and O–H groups in total. The van der Waals surface area contributed by atoms with E-state index in [1.54, 1.807) is 0 Å². The summed E-state index contributed by atoms with van der Waals surface area (Å²) in [6.07, 6.45) is 57.6. The van der Waals surface area contributed by atoms with Gasteiger partial charge in [0.15, 0.2) is 6.29 Å². The van der Waals surface area contributed by atoms with Gasteiger partial charge in [0.1, 0.15) is 30.5 Å². The second-order valence-corrected chi connectivity index (χ2v) is 20.2. The van der Waals surface area contributed by atoms with Crippen molar-refractivity contribution in [3.05, 3.63) is 85.1 Å². The Morgan fingerprint density at radius 2 is 0.958 bits per heavy atom. The van der Waals surface area contributed by atoms with Crippen LogP contribution in [0.1, 0.15) is 219 Å². The molecular weight excluding hydrogens is 933 g/mol. The number of rotatable bonds is 49. The van der Waals surface area contributed by atoms with Gasteiger partial charge in [0.25, 0.3) is 0 Å². The molecule has 0 saturated carbocycles. The SMILES string of the molecule is CC/C=C\C/C=C\C/C=C\C/C=C\C/C=C\C/C=C\CCCCCOCC(COC1OC(CO)C(O)C(OS(=O)(=O)O)C1O)OC(=O)CCCCCCCCCCCCC/C=C\CCCCCCCCCC. The standard InChI is InChI=1S/C59H102O12S/c1-3-5-7-9-11-13-15-17-19-21-23-25-27-28-30-32-34-36-38-40-42-44-46-48-55(61)69-53(52-68-59-57(63)58(71-72(64,65)66)56(62)54(50-60)70-59)51-67-49-47-45-43-41-39-37-35-33-31-29-26-24-22-20-18-16-14-12-10-8-6-4-2/h6,8,12,14,18,20-21,23-24,26,31,33,37,39,53-54,56-60,62-63H,3-5,7,9-11,13,15-17,19,22,25,27-30,32,34-36,38,40-52H2,1-2H3,(H,64,65,66)/b8-6-,14-12-,20-18-,23-21-,26-24-,33-31-,39-37-. The van der Waals surface area contributed by atoms with Gasteiger partial charge in [0, 0.05) is 13.0 Å². The number of esters is 1. The van der Waals surface area contributed by atoms with E-state index in [4.69, 9.17) is 18.9 Å². The average molecular weight is 1040 g/mol. The topological polar surface area (TPSA) is 178 Å². The first-order valence-electron chi connectivity index (χ1n) is 28.3. The van der Waals surface area contributed by atoms with Crippen LogP contribution in [-0.4, -0.2) is 97.5 Å². The molecule has 416 valence electrons. The number of allylic oxidation sites excluding steroid dienone is 14. The highest BCUT2D eigenvalue weighted by molar-refractivity contribution is 7.80. The normalized spacial score (nSPS) is 19.6. The zero-order chi connectivity index (χ0) is 52.4. The first-order valence-corrected chi connectivity index (χ1v) is 29.7. The van der Waals surface area contributed by atoms with Crippen LogP contribution in [0.2, 0.25) is 0 Å². The molecule has 6 atom stereocenters. The fourth-order valence-corrected chi connectivity index (χ4v) is 8.77. The number of aliphatic hydroxyl groups is 3. The zero-order valence-corrected chi connectivity index (χ0v) is 45.8. The van der Waals surface area contributed by atoms with Crippen molar-refractivity contribution < 1.29 is 56.2 Å². The van der Waals surface area contributed by atoms with E-state index in [-0.39, 0.29) is 19.6 Å². The van der Waals surface area contributed by atoms with Gasteiger partial charge >= 0.3 is 16.4 Å². The second kappa shape index (κ2) is 49.2. The van der Waals surface area contributed by atoms with E-state index in [1.165, 1.54) is 109 Å². The number of carbonyl (C=O) groups excluding carboxylic acids is 1. The Morgan fingerprint density at radius 3 is 1.42 bits per heavy atom. The summed E-state index contributed by atoms with van der Waals surface area (Å²) < 4.78 is 59.4. The minimum absolute atomic E-state index is 0.00908. The molecule has 13 heteroatoms. The summed E-state index contributed by atoms with van der Waals surface area (Å²) in [7, 11) is -5.08. The van der Waals surface area contributed by atoms with Crippen LogP contribution >= 0.6 is 0 Å². The molecule has 12 nitrogen and oxygen atoms in total. The average Bonchev–Trinajstić information content (AvgIpc) is 3.36. The Kier molecular flexibility index (Phi) is 46.0. The number of hydrogen-bond acceptors (Lipinski definition) is 11. The molecule has 0 spiro atoms. The van der Waals surface area contributed by atoms with Gasteiger partial charge in [-0.1, -0.05) is 208 Å². The fourth-order valence-electron chi connectivity index (χ4n) is 8.26. The Hall–Kier alpha value is -2.72. The lowest BCUT2D eigenvalue weighted by Crippen LogP contribution is -2.60. The van der Waals surface area contributed by atoms with Gasteiger partial charge in [0.05, 0.1) is 19.8 Å². The fraction of sp³-hybridized carbons (Fsp3) is 0.746. The molecule has 0 aromatic carbocycles. The third-order valence-electron chi connectivity index (χ3n) is 12.5. The van der Waals surface area contributed by atoms with Gasteiger partial charge in [-0.15, -0.1) is 0 Å². The highest BCUT2D eigenvalue weighted by Gasteiger charge is 2.48. The van der Waals surface area contributed by atoms with E-state index in [9.17, 15) is 33.1 Å². The number of hydrogen-bond donors (Lipinski definition) is 4. The van der Waals surface area contributed by atoms with Gasteiger partial charge < -0.3 is 34.3 Å². The van der Waals surface area contributed by atoms with Crippen LogP contribution in [-0.2, 0) is 38.3 Å². The maximum absolute atomic E-state index is 13.0. The van der Waals surface area contributed by atoms with Crippen molar-refractivity contribution in [1.82, 2.24) is 0 Å². The number of unbranched alkanes of at least 4 members (excludes halogenated alkanes) is 22. The Bertz CT molecular complexity index is 1570. The monoisotopic (exact) mass is 1030 g/mol. The molecular formula is C59H102O12S. The van der Waals surface area contributed by atoms with Gasteiger partial charge in [-0.05, 0) is 89.9 Å². The molecule has 6 unspecified atom stereocenters. The van der Waals surface area contributed by atoms with E-state index >= 15 is 0 Å². The van der Waals surface area contributed by atoms with E-state index in [0.29, 0.717) is 13.0 Å². The van der Waals surface area contributed by atoms with Crippen molar-refractivity contribution in [3.63, 3.8) is 0 Å². The number of carbonyl (C=O) groups is 1. The van der Waals surface area contributed by atoms with Crippen LogP contribution in [0.5, 0.6) is 0 Å². The molecule has 1 aliphatic rings. The summed E-state index contributed by atoms with van der Waals surface area (Å²) in [5.41, 5.74) is 0. The molecule has 0 aromatic rings. The molecule has 0 aliphatic carbocycles. The predicted molar refractivity (Wildman–Crippen MR) is 294 cm³/mol. The summed E-state index contributed by atoms with van der Waals surface area (Å²) in [4.78, 5) is 13.0. The van der Waals surface area contributed by atoms with Crippen LogP contribution in [0.15, 0.2) is 85.1 Å². The first-order chi connectivity index (χ1) is 35.1. The summed E-state index contributed by atoms with van der Waals surface area (Å²) in [5, 5.41) is 30.8. The molecule has 1 rings (SSSR count). The molecule has 72 heavy (non-hydrogen) atoms. The van der Waals surface area contributed by atoms with Crippen molar-refractivity contribution in [3.8, 4) is 0 Å². The maximum Gasteiger partial charge on any atom is 0.397 e. The van der Waals surface area contributed by atoms with Crippen LogP contribution in [0.25, 0.3) is 0 Å². The van der Waals surface area contributed by atoms with Crippen LogP contribution < -0.4 is 0 Å². The van der Waals surface area contributed by atoms with Gasteiger partial charge in [0.2, 0.25) is 0 Å².